The number of anilines is 1. The molecular formula is C15H22ClN. The van der Waals surface area contributed by atoms with Gasteiger partial charge in [-0.15, -0.1) is 11.6 Å². The van der Waals surface area contributed by atoms with Crippen LogP contribution in [0.15, 0.2) is 24.3 Å². The van der Waals surface area contributed by atoms with Crippen molar-refractivity contribution in [1.82, 2.24) is 0 Å². The van der Waals surface area contributed by atoms with Gasteiger partial charge in [0.25, 0.3) is 0 Å². The van der Waals surface area contributed by atoms with E-state index >= 15 is 0 Å². The van der Waals surface area contributed by atoms with E-state index in [4.69, 9.17) is 11.6 Å². The second-order valence-corrected chi connectivity index (χ2v) is 6.03. The second-order valence-electron chi connectivity index (χ2n) is 5.77. The molecule has 0 spiro atoms. The zero-order chi connectivity index (χ0) is 12.3. The summed E-state index contributed by atoms with van der Waals surface area (Å²) in [5.74, 6) is 0.607. The molecule has 17 heavy (non-hydrogen) atoms. The maximum absolute atomic E-state index is 6.02. The van der Waals surface area contributed by atoms with Gasteiger partial charge in [-0.25, -0.2) is 0 Å². The van der Waals surface area contributed by atoms with E-state index in [0.717, 1.165) is 13.1 Å². The highest BCUT2D eigenvalue weighted by Crippen LogP contribution is 2.32. The zero-order valence-corrected chi connectivity index (χ0v) is 11.6. The summed E-state index contributed by atoms with van der Waals surface area (Å²) in [6.45, 7) is 7.08. The molecule has 0 unspecified atom stereocenters. The smallest absolute Gasteiger partial charge is 0.0494 e. The average molecular weight is 252 g/mol. The molecule has 0 aromatic heterocycles. The molecule has 2 heteroatoms. The van der Waals surface area contributed by atoms with E-state index in [1.807, 2.05) is 0 Å². The molecular weight excluding hydrogens is 230 g/mol. The van der Waals surface area contributed by atoms with Gasteiger partial charge in [0.15, 0.2) is 0 Å². The summed E-state index contributed by atoms with van der Waals surface area (Å²) in [4.78, 5) is 2.51. The monoisotopic (exact) mass is 251 g/mol. The highest BCUT2D eigenvalue weighted by atomic mass is 35.5. The van der Waals surface area contributed by atoms with Crippen LogP contribution in [0.3, 0.4) is 0 Å². The molecule has 1 fully saturated rings. The quantitative estimate of drug-likeness (QED) is 0.703. The number of halogens is 1. The number of hydrogen-bond acceptors (Lipinski definition) is 1. The third-order valence-corrected chi connectivity index (χ3v) is 4.10. The summed E-state index contributed by atoms with van der Waals surface area (Å²) in [6.07, 6.45) is 3.87. The van der Waals surface area contributed by atoms with E-state index in [0.29, 0.717) is 11.3 Å². The summed E-state index contributed by atoms with van der Waals surface area (Å²) in [5, 5.41) is 0. The van der Waals surface area contributed by atoms with Crippen LogP contribution in [0, 0.1) is 5.41 Å². The second kappa shape index (κ2) is 5.30. The molecule has 1 nitrogen and oxygen atoms in total. The van der Waals surface area contributed by atoms with Crippen LogP contribution in [-0.2, 0) is 5.88 Å². The number of hydrogen-bond donors (Lipinski definition) is 0. The van der Waals surface area contributed by atoms with Gasteiger partial charge in [-0.05, 0) is 36.3 Å². The van der Waals surface area contributed by atoms with Crippen LogP contribution < -0.4 is 4.90 Å². The van der Waals surface area contributed by atoms with Gasteiger partial charge >= 0.3 is 0 Å². The Bertz CT molecular complexity index is 373. The zero-order valence-electron chi connectivity index (χ0n) is 10.9. The van der Waals surface area contributed by atoms with Gasteiger partial charge in [-0.1, -0.05) is 32.0 Å². The molecule has 0 N–H and O–H groups in total. The third-order valence-electron chi connectivity index (χ3n) is 3.82. The van der Waals surface area contributed by atoms with Crippen molar-refractivity contribution >= 4 is 17.3 Å². The van der Waals surface area contributed by atoms with Gasteiger partial charge in [-0.3, -0.25) is 0 Å². The van der Waals surface area contributed by atoms with E-state index < -0.39 is 0 Å². The molecule has 1 heterocycles. The molecule has 1 aliphatic heterocycles. The fraction of sp³-hybridized carbons (Fsp3) is 0.600. The van der Waals surface area contributed by atoms with Crippen LogP contribution in [-0.4, -0.2) is 13.1 Å². The topological polar surface area (TPSA) is 3.24 Å². The lowest BCUT2D eigenvalue weighted by molar-refractivity contribution is 0.325. The molecule has 0 bridgehead atoms. The van der Waals surface area contributed by atoms with Crippen molar-refractivity contribution in [3.8, 4) is 0 Å². The van der Waals surface area contributed by atoms with Crippen LogP contribution in [0.25, 0.3) is 0 Å². The summed E-state index contributed by atoms with van der Waals surface area (Å²) in [6, 6.07) is 8.53. The minimum atomic E-state index is 0.491. The Hall–Kier alpha value is -0.690. The van der Waals surface area contributed by atoms with E-state index in [2.05, 4.69) is 43.0 Å². The number of nitrogens with zero attached hydrogens (tertiary/aromatic N) is 1. The molecule has 0 aliphatic carbocycles. The Morgan fingerprint density at radius 1 is 1.18 bits per heavy atom. The van der Waals surface area contributed by atoms with Crippen LogP contribution in [0.2, 0.25) is 0 Å². The molecule has 1 aliphatic rings. The number of para-hydroxylation sites is 1. The van der Waals surface area contributed by atoms with Crippen molar-refractivity contribution in [2.24, 2.45) is 5.41 Å². The fourth-order valence-electron chi connectivity index (χ4n) is 2.60. The predicted octanol–water partition coefficient (Wildman–Crippen LogP) is 4.44. The maximum Gasteiger partial charge on any atom is 0.0494 e. The van der Waals surface area contributed by atoms with Crippen LogP contribution in [0.5, 0.6) is 0 Å². The Morgan fingerprint density at radius 2 is 1.94 bits per heavy atom. The number of benzene rings is 1. The van der Waals surface area contributed by atoms with Gasteiger partial charge in [0.2, 0.25) is 0 Å². The predicted molar refractivity (Wildman–Crippen MR) is 75.8 cm³/mol. The lowest BCUT2D eigenvalue weighted by atomic mass is 9.85. The van der Waals surface area contributed by atoms with Crippen molar-refractivity contribution in [3.63, 3.8) is 0 Å². The average Bonchev–Trinajstić information content (AvgIpc) is 2.50. The largest absolute Gasteiger partial charge is 0.371 e. The van der Waals surface area contributed by atoms with Crippen LogP contribution >= 0.6 is 11.6 Å². The molecule has 2 rings (SSSR count). The number of rotatable bonds is 2. The first-order valence-corrected chi connectivity index (χ1v) is 7.05. The minimum Gasteiger partial charge on any atom is -0.371 e. The lowest BCUT2D eigenvalue weighted by Crippen LogP contribution is -2.25. The SMILES string of the molecule is CC1(C)CCCN(c2ccccc2CCl)CC1. The summed E-state index contributed by atoms with van der Waals surface area (Å²) >= 11 is 6.02. The van der Waals surface area contributed by atoms with E-state index in [-0.39, 0.29) is 0 Å². The van der Waals surface area contributed by atoms with Crippen LogP contribution in [0.1, 0.15) is 38.7 Å². The van der Waals surface area contributed by atoms with Crippen molar-refractivity contribution in [2.45, 2.75) is 39.0 Å². The molecule has 0 atom stereocenters. The standard InChI is InChI=1S/C15H22ClN/c1-15(2)8-5-10-17(11-9-15)14-7-4-3-6-13(14)12-16/h3-4,6-7H,5,8-12H2,1-2H3. The summed E-state index contributed by atoms with van der Waals surface area (Å²) in [5.41, 5.74) is 3.08. The summed E-state index contributed by atoms with van der Waals surface area (Å²) in [7, 11) is 0. The van der Waals surface area contributed by atoms with Gasteiger partial charge in [-0.2, -0.15) is 0 Å². The van der Waals surface area contributed by atoms with Crippen molar-refractivity contribution in [2.75, 3.05) is 18.0 Å². The first-order chi connectivity index (χ1) is 8.12. The highest BCUT2D eigenvalue weighted by Gasteiger charge is 2.23. The summed E-state index contributed by atoms with van der Waals surface area (Å²) < 4.78 is 0. The molecule has 0 radical (unpaired) electrons. The molecule has 1 aromatic rings. The fourth-order valence-corrected chi connectivity index (χ4v) is 2.82. The molecule has 1 aromatic carbocycles. The third kappa shape index (κ3) is 3.16. The minimum absolute atomic E-state index is 0.491. The molecule has 94 valence electrons. The first kappa shape index (κ1) is 12.8. The van der Waals surface area contributed by atoms with Crippen LogP contribution in [0.4, 0.5) is 5.69 Å². The van der Waals surface area contributed by atoms with Crippen molar-refractivity contribution in [1.29, 1.82) is 0 Å². The first-order valence-electron chi connectivity index (χ1n) is 6.51. The molecule has 1 saturated heterocycles. The van der Waals surface area contributed by atoms with E-state index in [1.165, 1.54) is 30.5 Å². The van der Waals surface area contributed by atoms with Gasteiger partial charge in [0, 0.05) is 24.7 Å². The Balaban J connectivity index is 2.17. The Labute approximate surface area is 110 Å². The number of alkyl halides is 1. The maximum atomic E-state index is 6.02. The van der Waals surface area contributed by atoms with E-state index in [9.17, 15) is 0 Å². The van der Waals surface area contributed by atoms with Gasteiger partial charge in [0.1, 0.15) is 0 Å². The molecule has 0 amide bonds. The molecule has 0 saturated carbocycles. The van der Waals surface area contributed by atoms with Crippen molar-refractivity contribution in [3.05, 3.63) is 29.8 Å². The van der Waals surface area contributed by atoms with Crippen molar-refractivity contribution < 1.29 is 0 Å². The van der Waals surface area contributed by atoms with Gasteiger partial charge < -0.3 is 4.90 Å². The highest BCUT2D eigenvalue weighted by molar-refractivity contribution is 6.17. The Kier molecular flexibility index (Phi) is 3.98. The Morgan fingerprint density at radius 3 is 2.71 bits per heavy atom. The normalized spacial score (nSPS) is 20.1. The van der Waals surface area contributed by atoms with E-state index in [1.54, 1.807) is 0 Å². The lowest BCUT2D eigenvalue weighted by Gasteiger charge is -2.26. The van der Waals surface area contributed by atoms with Gasteiger partial charge in [0.05, 0.1) is 0 Å².